The number of rotatable bonds is 11. The van der Waals surface area contributed by atoms with Crippen LogP contribution in [0.25, 0.3) is 0 Å². The first-order chi connectivity index (χ1) is 15.8. The van der Waals surface area contributed by atoms with Crippen LogP contribution in [0.4, 0.5) is 18.9 Å². The second kappa shape index (κ2) is 12.0. The van der Waals surface area contributed by atoms with Gasteiger partial charge in [0.05, 0.1) is 25.4 Å². The molecule has 1 heterocycles. The second-order valence-electron chi connectivity index (χ2n) is 9.36. The topological polar surface area (TPSA) is 53.5 Å². The summed E-state index contributed by atoms with van der Waals surface area (Å²) in [6.45, 7) is 6.85. The monoisotopic (exact) mass is 466 g/mol. The zero-order valence-corrected chi connectivity index (χ0v) is 19.6. The van der Waals surface area contributed by atoms with Gasteiger partial charge in [0.25, 0.3) is 0 Å². The number of hydrogen-bond donors (Lipinski definition) is 3. The van der Waals surface area contributed by atoms with Crippen molar-refractivity contribution in [1.82, 2.24) is 5.32 Å². The summed E-state index contributed by atoms with van der Waals surface area (Å²) in [7, 11) is 0. The Bertz CT molecular complexity index is 809. The zero-order chi connectivity index (χ0) is 23.8. The molecule has 0 fully saturated rings. The van der Waals surface area contributed by atoms with Crippen LogP contribution < -0.4 is 10.6 Å². The molecule has 0 saturated carbocycles. The van der Waals surface area contributed by atoms with E-state index in [4.69, 9.17) is 9.84 Å². The van der Waals surface area contributed by atoms with Crippen molar-refractivity contribution in [2.45, 2.75) is 51.2 Å². The lowest BCUT2D eigenvalue weighted by Crippen LogP contribution is -2.42. The quantitative estimate of drug-likeness (QED) is 0.384. The van der Waals surface area contributed by atoms with E-state index in [-0.39, 0.29) is 24.5 Å². The van der Waals surface area contributed by atoms with Crippen LogP contribution in [0.3, 0.4) is 0 Å². The number of allylic oxidation sites excluding steroid dienone is 3. The van der Waals surface area contributed by atoms with Gasteiger partial charge in [0.1, 0.15) is 0 Å². The van der Waals surface area contributed by atoms with E-state index >= 15 is 0 Å². The predicted octanol–water partition coefficient (Wildman–Crippen LogP) is 5.37. The number of aliphatic hydroxyl groups excluding tert-OH is 1. The number of benzene rings is 1. The molecule has 1 aromatic rings. The third-order valence-electron chi connectivity index (χ3n) is 6.91. The van der Waals surface area contributed by atoms with Gasteiger partial charge in [0.15, 0.2) is 0 Å². The SMILES string of the molecule is CC1c2cc(C(F)(F)F)ccc2N[C@@H](C2C=CC=CC2)[C@@H]1CC[C@@H](C)CNCCOCCO. The fourth-order valence-electron chi connectivity index (χ4n) is 5.03. The van der Waals surface area contributed by atoms with E-state index < -0.39 is 11.7 Å². The lowest BCUT2D eigenvalue weighted by molar-refractivity contribution is -0.137. The van der Waals surface area contributed by atoms with Gasteiger partial charge in [-0.15, -0.1) is 0 Å². The molecule has 4 nitrogen and oxygen atoms in total. The molecule has 1 aliphatic heterocycles. The Morgan fingerprint density at radius 3 is 2.76 bits per heavy atom. The largest absolute Gasteiger partial charge is 0.416 e. The van der Waals surface area contributed by atoms with Gasteiger partial charge in [-0.3, -0.25) is 0 Å². The molecule has 184 valence electrons. The number of anilines is 1. The first kappa shape index (κ1) is 25.8. The van der Waals surface area contributed by atoms with Crippen LogP contribution in [-0.2, 0) is 10.9 Å². The van der Waals surface area contributed by atoms with E-state index in [1.54, 1.807) is 6.07 Å². The van der Waals surface area contributed by atoms with Gasteiger partial charge in [-0.1, -0.05) is 38.2 Å². The molecule has 0 spiro atoms. The Morgan fingerprint density at radius 2 is 2.06 bits per heavy atom. The molecule has 0 saturated heterocycles. The summed E-state index contributed by atoms with van der Waals surface area (Å²) in [6, 6.07) is 4.32. The summed E-state index contributed by atoms with van der Waals surface area (Å²) in [5.74, 6) is 1.06. The van der Waals surface area contributed by atoms with Crippen molar-refractivity contribution in [2.75, 3.05) is 38.2 Å². The van der Waals surface area contributed by atoms with Crippen molar-refractivity contribution in [3.63, 3.8) is 0 Å². The highest BCUT2D eigenvalue weighted by atomic mass is 19.4. The molecule has 3 N–H and O–H groups in total. The van der Waals surface area contributed by atoms with Crippen LogP contribution in [0.1, 0.15) is 50.2 Å². The van der Waals surface area contributed by atoms with E-state index in [0.717, 1.165) is 43.6 Å². The fraction of sp³-hybridized carbons (Fsp3) is 0.615. The van der Waals surface area contributed by atoms with Crippen LogP contribution in [0.15, 0.2) is 42.5 Å². The molecule has 1 aliphatic carbocycles. The van der Waals surface area contributed by atoms with Crippen LogP contribution >= 0.6 is 0 Å². The van der Waals surface area contributed by atoms with Crippen LogP contribution in [0.2, 0.25) is 0 Å². The lowest BCUT2D eigenvalue weighted by Gasteiger charge is -2.43. The molecule has 3 rings (SSSR count). The van der Waals surface area contributed by atoms with E-state index in [0.29, 0.717) is 25.0 Å². The van der Waals surface area contributed by atoms with Gasteiger partial charge >= 0.3 is 6.18 Å². The minimum absolute atomic E-state index is 0.0325. The maximum Gasteiger partial charge on any atom is 0.416 e. The molecular formula is C26H37F3N2O2. The summed E-state index contributed by atoms with van der Waals surface area (Å²) in [6.07, 6.45) is 7.08. The maximum absolute atomic E-state index is 13.4. The van der Waals surface area contributed by atoms with Crippen LogP contribution in [-0.4, -0.2) is 44.1 Å². The summed E-state index contributed by atoms with van der Waals surface area (Å²) in [5, 5.41) is 15.7. The average Bonchev–Trinajstić information content (AvgIpc) is 2.80. The zero-order valence-electron chi connectivity index (χ0n) is 19.6. The first-order valence-electron chi connectivity index (χ1n) is 12.0. The number of halogens is 3. The minimum atomic E-state index is -4.33. The Hall–Kier alpha value is -1.83. The molecule has 5 atom stereocenters. The van der Waals surface area contributed by atoms with Gasteiger partial charge in [-0.2, -0.15) is 13.2 Å². The molecule has 1 aromatic carbocycles. The van der Waals surface area contributed by atoms with Crippen molar-refractivity contribution >= 4 is 5.69 Å². The normalized spacial score (nSPS) is 25.5. The molecule has 2 aliphatic rings. The number of hydrogen-bond acceptors (Lipinski definition) is 4. The van der Waals surface area contributed by atoms with Crippen LogP contribution in [0.5, 0.6) is 0 Å². The standard InChI is InChI=1S/C26H37F3N2O2/c1-18(17-30-12-14-33-15-13-32)8-10-22-19(2)23-16-21(26(27,28)29)9-11-24(23)31-25(22)20-6-4-3-5-7-20/h3-6,9,11,16,18-20,22,25,30-32H,7-8,10,12-15,17H2,1-2H3/t18-,19?,20?,22-,25+/m1/s1. The third kappa shape index (κ3) is 7.08. The fourth-order valence-corrected chi connectivity index (χ4v) is 5.03. The van der Waals surface area contributed by atoms with Crippen molar-refractivity contribution in [2.24, 2.45) is 17.8 Å². The van der Waals surface area contributed by atoms with Crippen molar-refractivity contribution in [3.8, 4) is 0 Å². The Morgan fingerprint density at radius 1 is 1.24 bits per heavy atom. The Kier molecular flexibility index (Phi) is 9.41. The highest BCUT2D eigenvalue weighted by Gasteiger charge is 2.39. The number of nitrogens with one attached hydrogen (secondary N) is 2. The Labute approximate surface area is 195 Å². The van der Waals surface area contributed by atoms with E-state index in [2.05, 4.69) is 48.8 Å². The number of aliphatic hydroxyl groups is 1. The van der Waals surface area contributed by atoms with Crippen molar-refractivity contribution in [1.29, 1.82) is 0 Å². The van der Waals surface area contributed by atoms with Gasteiger partial charge < -0.3 is 20.5 Å². The smallest absolute Gasteiger partial charge is 0.394 e. The summed E-state index contributed by atoms with van der Waals surface area (Å²) >= 11 is 0. The molecule has 33 heavy (non-hydrogen) atoms. The number of ether oxygens (including phenoxy) is 1. The Balaban J connectivity index is 1.67. The lowest BCUT2D eigenvalue weighted by atomic mass is 9.70. The second-order valence-corrected chi connectivity index (χ2v) is 9.36. The first-order valence-corrected chi connectivity index (χ1v) is 12.0. The minimum Gasteiger partial charge on any atom is -0.394 e. The third-order valence-corrected chi connectivity index (χ3v) is 6.91. The van der Waals surface area contributed by atoms with Crippen molar-refractivity contribution < 1.29 is 23.0 Å². The van der Waals surface area contributed by atoms with E-state index in [1.807, 2.05) is 0 Å². The molecule has 0 radical (unpaired) electrons. The summed E-state index contributed by atoms with van der Waals surface area (Å²) in [5.41, 5.74) is 1.03. The molecule has 0 amide bonds. The van der Waals surface area contributed by atoms with E-state index in [1.165, 1.54) is 12.1 Å². The van der Waals surface area contributed by atoms with Crippen molar-refractivity contribution in [3.05, 3.63) is 53.6 Å². The molecule has 2 unspecified atom stereocenters. The van der Waals surface area contributed by atoms with Crippen LogP contribution in [0, 0.1) is 17.8 Å². The molecule has 0 aromatic heterocycles. The van der Waals surface area contributed by atoms with Gasteiger partial charge in [0.2, 0.25) is 0 Å². The van der Waals surface area contributed by atoms with E-state index in [9.17, 15) is 13.2 Å². The highest BCUT2D eigenvalue weighted by Crippen LogP contribution is 2.45. The molecular weight excluding hydrogens is 429 g/mol. The maximum atomic E-state index is 13.4. The summed E-state index contributed by atoms with van der Waals surface area (Å²) < 4.78 is 45.3. The number of fused-ring (bicyclic) bond motifs is 1. The molecule has 0 bridgehead atoms. The molecule has 7 heteroatoms. The summed E-state index contributed by atoms with van der Waals surface area (Å²) in [4.78, 5) is 0. The predicted molar refractivity (Wildman–Crippen MR) is 126 cm³/mol. The highest BCUT2D eigenvalue weighted by molar-refractivity contribution is 5.58. The van der Waals surface area contributed by atoms with Gasteiger partial charge in [0, 0.05) is 24.2 Å². The van der Waals surface area contributed by atoms with Gasteiger partial charge in [-0.05, 0) is 67.3 Å². The number of alkyl halides is 3. The average molecular weight is 467 g/mol. The van der Waals surface area contributed by atoms with Gasteiger partial charge in [-0.25, -0.2) is 0 Å².